The maximum atomic E-state index is 14.1. The molecule has 1 N–H and O–H groups in total. The Morgan fingerprint density at radius 2 is 1.74 bits per heavy atom. The van der Waals surface area contributed by atoms with Crippen LogP contribution < -0.4 is 14.8 Å². The largest absolute Gasteiger partial charge is 0.454 e. The Morgan fingerprint density at radius 3 is 2.51 bits per heavy atom. The molecule has 240 valence electrons. The van der Waals surface area contributed by atoms with E-state index < -0.39 is 5.54 Å². The molecule has 0 atom stereocenters. The maximum Gasteiger partial charge on any atom is 0.252 e. The second-order valence-corrected chi connectivity index (χ2v) is 13.5. The standard InChI is InChI=1S/C39H40N4O4/c1-24(44)10-11-26-12-15-31-33(20-26)42(3)38(40-31)39(18-7-19-39)41-37(45)28-13-16-32-30(21-28)25(2)36(43(32)29-8-5-4-6-9-29)27-14-17-34-35(22-27)47-23-46-34/h10-17,20-22,29H,4-9,18-19,23H2,1-3H3,(H,41,45)/b11-10+. The molecule has 47 heavy (non-hydrogen) atoms. The fourth-order valence-electron chi connectivity index (χ4n) is 7.91. The van der Waals surface area contributed by atoms with Crippen molar-refractivity contribution >= 4 is 39.7 Å². The first-order valence-corrected chi connectivity index (χ1v) is 16.8. The van der Waals surface area contributed by atoms with E-state index >= 15 is 0 Å². The van der Waals surface area contributed by atoms with Gasteiger partial charge < -0.3 is 23.9 Å². The smallest absolute Gasteiger partial charge is 0.252 e. The average molecular weight is 629 g/mol. The summed E-state index contributed by atoms with van der Waals surface area (Å²) in [5, 5.41) is 4.53. The van der Waals surface area contributed by atoms with Gasteiger partial charge in [0.15, 0.2) is 17.3 Å². The quantitative estimate of drug-likeness (QED) is 0.184. The highest BCUT2D eigenvalue weighted by atomic mass is 16.7. The maximum absolute atomic E-state index is 14.1. The number of imidazole rings is 1. The number of aryl methyl sites for hydroxylation is 2. The fourth-order valence-corrected chi connectivity index (χ4v) is 7.91. The molecule has 2 aromatic heterocycles. The van der Waals surface area contributed by atoms with Gasteiger partial charge in [-0.25, -0.2) is 4.98 Å². The number of allylic oxidation sites excluding steroid dienone is 1. The van der Waals surface area contributed by atoms with E-state index in [1.165, 1.54) is 36.0 Å². The molecule has 0 saturated heterocycles. The van der Waals surface area contributed by atoms with E-state index in [0.717, 1.165) is 77.0 Å². The zero-order valence-corrected chi connectivity index (χ0v) is 27.3. The Bertz CT molecular complexity index is 2090. The van der Waals surface area contributed by atoms with Gasteiger partial charge >= 0.3 is 0 Å². The van der Waals surface area contributed by atoms with Crippen LogP contribution in [0.4, 0.5) is 0 Å². The summed E-state index contributed by atoms with van der Waals surface area (Å²) in [4.78, 5) is 30.6. The number of ketones is 1. The second-order valence-electron chi connectivity index (χ2n) is 13.5. The van der Waals surface area contributed by atoms with Crippen molar-refractivity contribution in [2.75, 3.05) is 6.79 Å². The summed E-state index contributed by atoms with van der Waals surface area (Å²) in [7, 11) is 2.01. The van der Waals surface area contributed by atoms with Crippen LogP contribution in [0, 0.1) is 6.92 Å². The van der Waals surface area contributed by atoms with E-state index in [4.69, 9.17) is 14.5 Å². The minimum absolute atomic E-state index is 0.00927. The van der Waals surface area contributed by atoms with Gasteiger partial charge in [-0.15, -0.1) is 0 Å². The molecule has 3 aromatic carbocycles. The highest BCUT2D eigenvalue weighted by Gasteiger charge is 2.44. The van der Waals surface area contributed by atoms with Gasteiger partial charge in [0, 0.05) is 35.1 Å². The minimum Gasteiger partial charge on any atom is -0.454 e. The Morgan fingerprint density at radius 1 is 0.936 bits per heavy atom. The van der Waals surface area contributed by atoms with Crippen LogP contribution in [-0.2, 0) is 17.4 Å². The summed E-state index contributed by atoms with van der Waals surface area (Å²) in [6.45, 7) is 3.97. The lowest BCUT2D eigenvalue weighted by Crippen LogP contribution is -2.52. The molecule has 1 aliphatic heterocycles. The molecule has 0 unspecified atom stereocenters. The number of amides is 1. The molecule has 8 heteroatoms. The van der Waals surface area contributed by atoms with Gasteiger partial charge in [-0.1, -0.05) is 31.4 Å². The van der Waals surface area contributed by atoms with E-state index in [1.54, 1.807) is 13.0 Å². The van der Waals surface area contributed by atoms with Gasteiger partial charge in [-0.05, 0) is 112 Å². The monoisotopic (exact) mass is 628 g/mol. The van der Waals surface area contributed by atoms with Crippen molar-refractivity contribution in [3.8, 4) is 22.8 Å². The van der Waals surface area contributed by atoms with E-state index in [-0.39, 0.29) is 18.5 Å². The van der Waals surface area contributed by atoms with E-state index in [9.17, 15) is 9.59 Å². The summed E-state index contributed by atoms with van der Waals surface area (Å²) < 4.78 is 16.0. The van der Waals surface area contributed by atoms with Gasteiger partial charge in [0.25, 0.3) is 5.91 Å². The van der Waals surface area contributed by atoms with Gasteiger partial charge in [-0.2, -0.15) is 0 Å². The van der Waals surface area contributed by atoms with Crippen LogP contribution in [0.3, 0.4) is 0 Å². The molecular weight excluding hydrogens is 588 g/mol. The van der Waals surface area contributed by atoms with Crippen molar-refractivity contribution in [1.82, 2.24) is 19.4 Å². The third-order valence-electron chi connectivity index (χ3n) is 10.5. The highest BCUT2D eigenvalue weighted by molar-refractivity contribution is 6.01. The Kier molecular flexibility index (Phi) is 7.19. The number of benzene rings is 3. The molecule has 0 spiro atoms. The van der Waals surface area contributed by atoms with Crippen molar-refractivity contribution in [2.24, 2.45) is 7.05 Å². The number of fused-ring (bicyclic) bond motifs is 3. The molecule has 2 saturated carbocycles. The van der Waals surface area contributed by atoms with Crippen LogP contribution in [0.2, 0.25) is 0 Å². The summed E-state index contributed by atoms with van der Waals surface area (Å²) in [6, 6.07) is 18.8. The predicted molar refractivity (Wildman–Crippen MR) is 184 cm³/mol. The zero-order valence-electron chi connectivity index (χ0n) is 27.3. The molecule has 3 heterocycles. The normalized spacial score (nSPS) is 17.4. The average Bonchev–Trinajstić information content (AvgIpc) is 3.75. The molecule has 0 radical (unpaired) electrons. The number of hydrogen-bond donors (Lipinski definition) is 1. The van der Waals surface area contributed by atoms with Crippen LogP contribution in [0.1, 0.15) is 91.6 Å². The van der Waals surface area contributed by atoms with Crippen LogP contribution in [-0.4, -0.2) is 32.6 Å². The molecular formula is C39H40N4O4. The lowest BCUT2D eigenvalue weighted by molar-refractivity contribution is -0.112. The zero-order chi connectivity index (χ0) is 32.3. The number of nitrogens with one attached hydrogen (secondary N) is 1. The summed E-state index contributed by atoms with van der Waals surface area (Å²) in [6.07, 6.45) is 12.1. The van der Waals surface area contributed by atoms with Crippen molar-refractivity contribution in [1.29, 1.82) is 0 Å². The molecule has 8 nitrogen and oxygen atoms in total. The number of ether oxygens (including phenoxy) is 2. The van der Waals surface area contributed by atoms with Crippen LogP contribution in [0.5, 0.6) is 11.5 Å². The van der Waals surface area contributed by atoms with Gasteiger partial charge in [0.1, 0.15) is 5.82 Å². The third kappa shape index (κ3) is 5.01. The number of aromatic nitrogens is 3. The second kappa shape index (κ2) is 11.4. The van der Waals surface area contributed by atoms with Crippen LogP contribution in [0.15, 0.2) is 60.7 Å². The Balaban J connectivity index is 1.15. The molecule has 5 aromatic rings. The summed E-state index contributed by atoms with van der Waals surface area (Å²) in [5.74, 6) is 2.35. The lowest BCUT2D eigenvalue weighted by Gasteiger charge is -2.41. The lowest BCUT2D eigenvalue weighted by atomic mass is 9.75. The molecule has 1 amide bonds. The SMILES string of the molecule is CC(=O)/C=C/c1ccc2nc(C3(NC(=O)c4ccc5c(c4)c(C)c(-c4ccc6c(c4)OCO6)n5C4CCCCC4)CCC3)n(C)c2c1. The molecule has 3 aliphatic rings. The third-order valence-corrected chi connectivity index (χ3v) is 10.5. The number of hydrogen-bond acceptors (Lipinski definition) is 5. The molecule has 0 bridgehead atoms. The van der Waals surface area contributed by atoms with Crippen molar-refractivity contribution in [2.45, 2.75) is 76.8 Å². The number of carbonyl (C=O) groups excluding carboxylic acids is 2. The molecule has 2 aliphatic carbocycles. The van der Waals surface area contributed by atoms with E-state index in [1.807, 2.05) is 43.5 Å². The fraction of sp³-hybridized carbons (Fsp3) is 0.359. The first-order valence-electron chi connectivity index (χ1n) is 16.8. The summed E-state index contributed by atoms with van der Waals surface area (Å²) in [5.41, 5.74) is 7.55. The summed E-state index contributed by atoms with van der Waals surface area (Å²) >= 11 is 0. The molecule has 8 rings (SSSR count). The van der Waals surface area contributed by atoms with Crippen LogP contribution in [0.25, 0.3) is 39.3 Å². The van der Waals surface area contributed by atoms with Crippen LogP contribution >= 0.6 is 0 Å². The minimum atomic E-state index is -0.532. The number of nitrogens with zero attached hydrogens (tertiary/aromatic N) is 3. The van der Waals surface area contributed by atoms with Crippen molar-refractivity contribution < 1.29 is 19.1 Å². The Labute approximate surface area is 274 Å². The van der Waals surface area contributed by atoms with Gasteiger partial charge in [-0.3, -0.25) is 9.59 Å². The van der Waals surface area contributed by atoms with E-state index in [0.29, 0.717) is 11.6 Å². The predicted octanol–water partition coefficient (Wildman–Crippen LogP) is 8.15. The van der Waals surface area contributed by atoms with E-state index in [2.05, 4.69) is 45.6 Å². The highest BCUT2D eigenvalue weighted by Crippen LogP contribution is 2.45. The van der Waals surface area contributed by atoms with Gasteiger partial charge in [0.2, 0.25) is 6.79 Å². The topological polar surface area (TPSA) is 87.4 Å². The first-order chi connectivity index (χ1) is 22.8. The number of rotatable bonds is 7. The van der Waals surface area contributed by atoms with Crippen molar-refractivity contribution in [3.05, 3.63) is 83.2 Å². The number of carbonyl (C=O) groups is 2. The van der Waals surface area contributed by atoms with Crippen molar-refractivity contribution in [3.63, 3.8) is 0 Å². The van der Waals surface area contributed by atoms with Gasteiger partial charge in [0.05, 0.1) is 22.3 Å². The molecule has 2 fully saturated rings. The Hall–Kier alpha value is -4.85. The first kappa shape index (κ1) is 29.5.